The van der Waals surface area contributed by atoms with Crippen LogP contribution in [0.3, 0.4) is 0 Å². The summed E-state index contributed by atoms with van der Waals surface area (Å²) in [6, 6.07) is 9.75. The van der Waals surface area contributed by atoms with Crippen LogP contribution >= 0.6 is 0 Å². The maximum absolute atomic E-state index is 13.1. The third-order valence-corrected chi connectivity index (χ3v) is 6.72. The van der Waals surface area contributed by atoms with Gasteiger partial charge < -0.3 is 26.6 Å². The highest BCUT2D eigenvalue weighted by Gasteiger charge is 2.31. The summed E-state index contributed by atoms with van der Waals surface area (Å²) in [5.74, 6) is 0.420. The summed E-state index contributed by atoms with van der Waals surface area (Å²) in [7, 11) is 0. The van der Waals surface area contributed by atoms with Gasteiger partial charge in [0.2, 0.25) is 5.95 Å². The van der Waals surface area contributed by atoms with Gasteiger partial charge in [-0.1, -0.05) is 12.1 Å². The van der Waals surface area contributed by atoms with Gasteiger partial charge in [-0.05, 0) is 56.7 Å². The third kappa shape index (κ3) is 5.59. The van der Waals surface area contributed by atoms with Gasteiger partial charge in [-0.2, -0.15) is 18.2 Å². The number of amides is 1. The van der Waals surface area contributed by atoms with E-state index < -0.39 is 17.6 Å². The van der Waals surface area contributed by atoms with E-state index >= 15 is 0 Å². The molecule has 0 aliphatic carbocycles. The van der Waals surface area contributed by atoms with Crippen molar-refractivity contribution in [2.24, 2.45) is 0 Å². The van der Waals surface area contributed by atoms with Gasteiger partial charge in [-0.15, -0.1) is 0 Å². The second-order valence-electron chi connectivity index (χ2n) is 9.83. The molecule has 2 atom stereocenters. The molecule has 3 heterocycles. The van der Waals surface area contributed by atoms with Crippen molar-refractivity contribution in [3.63, 3.8) is 0 Å². The number of hydrogen-bond donors (Lipinski definition) is 4. The Morgan fingerprint density at radius 3 is 2.67 bits per heavy atom. The van der Waals surface area contributed by atoms with Crippen molar-refractivity contribution in [1.29, 1.82) is 0 Å². The van der Waals surface area contributed by atoms with Gasteiger partial charge in [0.15, 0.2) is 11.6 Å². The van der Waals surface area contributed by atoms with Crippen LogP contribution in [0.1, 0.15) is 35.3 Å². The van der Waals surface area contributed by atoms with Crippen molar-refractivity contribution < 1.29 is 18.0 Å². The lowest BCUT2D eigenvalue weighted by Crippen LogP contribution is -2.55. The predicted octanol–water partition coefficient (Wildman–Crippen LogP) is 4.51. The number of aromatic nitrogens is 4. The Hall–Kier alpha value is -4.52. The van der Waals surface area contributed by atoms with Crippen LogP contribution < -0.4 is 26.6 Å². The molecule has 208 valence electrons. The quantitative estimate of drug-likeness (QED) is 0.283. The average molecular weight is 552 g/mol. The monoisotopic (exact) mass is 551 g/mol. The zero-order valence-corrected chi connectivity index (χ0v) is 22.0. The number of fused-ring (bicyclic) bond motifs is 1. The Balaban J connectivity index is 1.44. The number of hydrogen-bond acceptors (Lipinski definition) is 9. The molecular weight excluding hydrogens is 523 g/mol. The summed E-state index contributed by atoms with van der Waals surface area (Å²) in [5, 5.41) is 9.33. The number of aryl methyl sites for hydroxylation is 1. The topological polar surface area (TPSA) is 134 Å². The van der Waals surface area contributed by atoms with Crippen LogP contribution in [-0.4, -0.2) is 51.0 Å². The van der Waals surface area contributed by atoms with E-state index in [4.69, 9.17) is 10.7 Å². The maximum Gasteiger partial charge on any atom is 0.416 e. The first-order chi connectivity index (χ1) is 19.0. The van der Waals surface area contributed by atoms with Gasteiger partial charge in [-0.25, -0.2) is 15.0 Å². The van der Waals surface area contributed by atoms with Gasteiger partial charge >= 0.3 is 6.18 Å². The first-order valence-electron chi connectivity index (χ1n) is 12.6. The summed E-state index contributed by atoms with van der Waals surface area (Å²) >= 11 is 0. The van der Waals surface area contributed by atoms with Crippen LogP contribution in [0.25, 0.3) is 11.0 Å². The number of carbonyl (C=O) groups excluding carboxylic acids is 1. The Kier molecular flexibility index (Phi) is 7.15. The highest BCUT2D eigenvalue weighted by atomic mass is 19.4. The maximum atomic E-state index is 13.1. The lowest BCUT2D eigenvalue weighted by molar-refractivity contribution is -0.137. The lowest BCUT2D eigenvalue weighted by atomic mass is 10.1. The molecule has 0 unspecified atom stereocenters. The minimum Gasteiger partial charge on any atom is -0.382 e. The molecule has 13 heteroatoms. The number of alkyl halides is 3. The highest BCUT2D eigenvalue weighted by molar-refractivity contribution is 6.04. The second kappa shape index (κ2) is 10.6. The molecule has 1 aliphatic heterocycles. The normalized spacial score (nSPS) is 17.6. The van der Waals surface area contributed by atoms with Crippen molar-refractivity contribution in [1.82, 2.24) is 25.3 Å². The Morgan fingerprint density at radius 2 is 1.90 bits per heavy atom. The smallest absolute Gasteiger partial charge is 0.382 e. The van der Waals surface area contributed by atoms with E-state index in [1.807, 2.05) is 6.92 Å². The minimum absolute atomic E-state index is 0.108. The van der Waals surface area contributed by atoms with Gasteiger partial charge in [-0.3, -0.25) is 4.79 Å². The molecule has 5 rings (SSSR count). The van der Waals surface area contributed by atoms with Crippen molar-refractivity contribution in [2.75, 3.05) is 34.4 Å². The van der Waals surface area contributed by atoms with Crippen LogP contribution in [0.5, 0.6) is 0 Å². The van der Waals surface area contributed by atoms with Crippen LogP contribution in [0, 0.1) is 6.92 Å². The Morgan fingerprint density at radius 1 is 1.10 bits per heavy atom. The number of benzene rings is 2. The summed E-state index contributed by atoms with van der Waals surface area (Å²) < 4.78 is 39.3. The third-order valence-electron chi connectivity index (χ3n) is 6.72. The summed E-state index contributed by atoms with van der Waals surface area (Å²) in [4.78, 5) is 32.7. The molecule has 0 radical (unpaired) electrons. The van der Waals surface area contributed by atoms with Gasteiger partial charge in [0.25, 0.3) is 5.91 Å². The van der Waals surface area contributed by atoms with E-state index in [1.165, 1.54) is 18.5 Å². The van der Waals surface area contributed by atoms with Crippen molar-refractivity contribution >= 4 is 45.9 Å². The Labute approximate surface area is 228 Å². The lowest BCUT2D eigenvalue weighted by Gasteiger charge is -2.37. The fourth-order valence-corrected chi connectivity index (χ4v) is 4.48. The molecule has 0 bridgehead atoms. The molecule has 10 nitrogen and oxygen atoms in total. The molecular formula is C27H28F3N9O. The second-order valence-corrected chi connectivity index (χ2v) is 9.83. The SMILES string of the molecule is Cc1ccc(NC(=O)c2cccc(C(F)(F)F)c2)cc1Nc1ncnc2c(N)nc(N3C[C@H](C)NC[C@H]3C)nc12. The van der Waals surface area contributed by atoms with E-state index in [0.717, 1.165) is 24.2 Å². The van der Waals surface area contributed by atoms with Crippen molar-refractivity contribution in [2.45, 2.75) is 39.0 Å². The number of nitrogen functional groups attached to an aromatic ring is 1. The standard InChI is InChI=1S/C27H28F3N9O/c1-14-7-8-19(35-25(40)17-5-4-6-18(9-17)27(28,29)30)10-20(14)36-24-22-21(33-13-34-24)23(31)38-26(37-22)39-12-15(2)32-11-16(39)3/h4-10,13,15-16,32H,11-12H2,1-3H3,(H,35,40)(H2,31,37,38)(H,33,34,36)/t15-,16+/m0/s1. The van der Waals surface area contributed by atoms with Crippen LogP contribution in [0.15, 0.2) is 48.8 Å². The molecule has 1 amide bonds. The molecule has 1 aliphatic rings. The highest BCUT2D eigenvalue weighted by Crippen LogP contribution is 2.31. The summed E-state index contributed by atoms with van der Waals surface area (Å²) in [6.07, 6.45) is -3.19. The molecule has 0 spiro atoms. The number of rotatable bonds is 5. The number of piperazine rings is 1. The van der Waals surface area contributed by atoms with Crippen LogP contribution in [0.4, 0.5) is 42.1 Å². The van der Waals surface area contributed by atoms with Crippen molar-refractivity contribution in [3.8, 4) is 0 Å². The van der Waals surface area contributed by atoms with E-state index in [-0.39, 0.29) is 23.5 Å². The summed E-state index contributed by atoms with van der Waals surface area (Å²) in [5.41, 5.74) is 7.91. The molecule has 1 saturated heterocycles. The van der Waals surface area contributed by atoms with Crippen LogP contribution in [0.2, 0.25) is 0 Å². The van der Waals surface area contributed by atoms with E-state index in [1.54, 1.807) is 18.2 Å². The zero-order chi connectivity index (χ0) is 28.6. The number of nitrogens with two attached hydrogens (primary N) is 1. The van der Waals surface area contributed by atoms with Gasteiger partial charge in [0.1, 0.15) is 17.4 Å². The number of nitrogens with one attached hydrogen (secondary N) is 3. The van der Waals surface area contributed by atoms with Gasteiger partial charge in [0, 0.05) is 42.1 Å². The molecule has 1 fully saturated rings. The van der Waals surface area contributed by atoms with Crippen molar-refractivity contribution in [3.05, 3.63) is 65.5 Å². The minimum atomic E-state index is -4.55. The first kappa shape index (κ1) is 27.1. The molecule has 2 aromatic carbocycles. The van der Waals surface area contributed by atoms with E-state index in [9.17, 15) is 18.0 Å². The number of halogens is 3. The zero-order valence-electron chi connectivity index (χ0n) is 22.0. The molecule has 40 heavy (non-hydrogen) atoms. The van der Waals surface area contributed by atoms with Crippen LogP contribution in [-0.2, 0) is 6.18 Å². The van der Waals surface area contributed by atoms with Gasteiger partial charge in [0.05, 0.1) is 5.56 Å². The molecule has 0 saturated carbocycles. The van der Waals surface area contributed by atoms with E-state index in [0.29, 0.717) is 40.7 Å². The number of anilines is 5. The molecule has 2 aromatic heterocycles. The Bertz CT molecular complexity index is 1580. The number of carbonyl (C=O) groups is 1. The fraction of sp³-hybridized carbons (Fsp3) is 0.296. The predicted molar refractivity (Wildman–Crippen MR) is 148 cm³/mol. The largest absolute Gasteiger partial charge is 0.416 e. The number of nitrogens with zero attached hydrogens (tertiary/aromatic N) is 5. The van der Waals surface area contributed by atoms with E-state index in [2.05, 4.69) is 49.6 Å². The summed E-state index contributed by atoms with van der Waals surface area (Å²) in [6.45, 7) is 7.50. The molecule has 4 aromatic rings. The first-order valence-corrected chi connectivity index (χ1v) is 12.6. The molecule has 5 N–H and O–H groups in total. The average Bonchev–Trinajstić information content (AvgIpc) is 2.92. The fourth-order valence-electron chi connectivity index (χ4n) is 4.48.